The second-order valence-corrected chi connectivity index (χ2v) is 9.50. The van der Waals surface area contributed by atoms with Crippen molar-refractivity contribution >= 4 is 0 Å². The summed E-state index contributed by atoms with van der Waals surface area (Å²) in [5.41, 5.74) is 0.619. The van der Waals surface area contributed by atoms with E-state index in [9.17, 15) is 0 Å². The van der Waals surface area contributed by atoms with E-state index >= 15 is 0 Å². The summed E-state index contributed by atoms with van der Waals surface area (Å²) in [5.74, 6) is 7.68. The van der Waals surface area contributed by atoms with Gasteiger partial charge in [0.1, 0.15) is 0 Å². The van der Waals surface area contributed by atoms with E-state index in [1.165, 1.54) is 12.8 Å². The summed E-state index contributed by atoms with van der Waals surface area (Å²) in [6, 6.07) is 0. The van der Waals surface area contributed by atoms with Crippen LogP contribution in [0.15, 0.2) is 0 Å². The normalized spacial score (nSPS) is 39.3. The zero-order chi connectivity index (χ0) is 21.9. The topological polar surface area (TPSA) is 0 Å². The van der Waals surface area contributed by atoms with Gasteiger partial charge in [0.05, 0.1) is 0 Å². The van der Waals surface area contributed by atoms with Crippen molar-refractivity contribution in [2.75, 3.05) is 0 Å². The molecule has 28 heavy (non-hydrogen) atoms. The predicted octanol–water partition coefficient (Wildman–Crippen LogP) is 10.0. The lowest BCUT2D eigenvalue weighted by Gasteiger charge is -2.52. The molecule has 4 aliphatic carbocycles. The van der Waals surface area contributed by atoms with Gasteiger partial charge in [0.25, 0.3) is 0 Å². The monoisotopic (exact) mass is 394 g/mol. The molecule has 0 saturated heterocycles. The van der Waals surface area contributed by atoms with E-state index < -0.39 is 0 Å². The highest BCUT2D eigenvalue weighted by Gasteiger charge is 2.54. The summed E-state index contributed by atoms with van der Waals surface area (Å²) in [5, 5.41) is 0. The van der Waals surface area contributed by atoms with E-state index in [1.54, 1.807) is 44.9 Å². The Bertz CT molecular complexity index is 368. The van der Waals surface area contributed by atoms with Crippen molar-refractivity contribution in [3.63, 3.8) is 0 Å². The van der Waals surface area contributed by atoms with Crippen LogP contribution in [0.5, 0.6) is 0 Å². The van der Waals surface area contributed by atoms with E-state index in [-0.39, 0.29) is 0 Å². The third-order valence-corrected chi connectivity index (χ3v) is 8.51. The maximum atomic E-state index is 2.57. The number of fused-ring (bicyclic) bond motifs is 5. The standard InChI is InChI=1S/C20H34.4C2H6/c1-13-15-10-11-17-16-7-5-4-6-14(16)8-9-18(17)19(15)12-20(13,2)3;4*1-2/h13-19H,4-12H2,1-3H3;4*1-2H3/t13-,14?,15?,16?,17?,18?,19?;;;;/m1..../s1. The van der Waals surface area contributed by atoms with E-state index in [1.807, 2.05) is 55.4 Å². The molecule has 0 heterocycles. The van der Waals surface area contributed by atoms with Gasteiger partial charge in [-0.25, -0.2) is 0 Å². The van der Waals surface area contributed by atoms with Crippen molar-refractivity contribution in [2.45, 2.75) is 134 Å². The van der Waals surface area contributed by atoms with Gasteiger partial charge in [-0.05, 0) is 85.4 Å². The van der Waals surface area contributed by atoms with Crippen LogP contribution in [0.2, 0.25) is 0 Å². The third kappa shape index (κ3) is 6.01. The van der Waals surface area contributed by atoms with E-state index in [4.69, 9.17) is 0 Å². The van der Waals surface area contributed by atoms with Crippen LogP contribution in [0.1, 0.15) is 134 Å². The number of hydrogen-bond donors (Lipinski definition) is 0. The van der Waals surface area contributed by atoms with Crippen LogP contribution in [0.3, 0.4) is 0 Å². The van der Waals surface area contributed by atoms with Crippen LogP contribution in [0.4, 0.5) is 0 Å². The van der Waals surface area contributed by atoms with Crippen molar-refractivity contribution < 1.29 is 0 Å². The molecule has 4 saturated carbocycles. The Morgan fingerprint density at radius 3 is 1.57 bits per heavy atom. The molecule has 0 spiro atoms. The fourth-order valence-electron chi connectivity index (χ4n) is 7.27. The van der Waals surface area contributed by atoms with Crippen molar-refractivity contribution in [3.8, 4) is 0 Å². The van der Waals surface area contributed by atoms with Crippen molar-refractivity contribution in [1.82, 2.24) is 0 Å². The van der Waals surface area contributed by atoms with Crippen LogP contribution in [-0.2, 0) is 0 Å². The fourth-order valence-corrected chi connectivity index (χ4v) is 7.27. The van der Waals surface area contributed by atoms with Gasteiger partial charge in [-0.15, -0.1) is 0 Å². The molecule has 6 unspecified atom stereocenters. The molecule has 0 bridgehead atoms. The van der Waals surface area contributed by atoms with Crippen LogP contribution >= 0.6 is 0 Å². The molecule has 0 aliphatic heterocycles. The Hall–Kier alpha value is 0. The van der Waals surface area contributed by atoms with Crippen LogP contribution in [0, 0.1) is 46.8 Å². The first kappa shape index (κ1) is 28.0. The number of hydrogen-bond acceptors (Lipinski definition) is 0. The Morgan fingerprint density at radius 1 is 0.500 bits per heavy atom. The van der Waals surface area contributed by atoms with Gasteiger partial charge in [0, 0.05) is 0 Å². The van der Waals surface area contributed by atoms with Gasteiger partial charge < -0.3 is 0 Å². The molecule has 170 valence electrons. The lowest BCUT2D eigenvalue weighted by Crippen LogP contribution is -2.43. The first-order valence-corrected chi connectivity index (χ1v) is 13.6. The van der Waals surface area contributed by atoms with Crippen LogP contribution in [-0.4, -0.2) is 0 Å². The first-order chi connectivity index (χ1) is 13.6. The maximum Gasteiger partial charge on any atom is -0.0323 e. The van der Waals surface area contributed by atoms with Crippen LogP contribution < -0.4 is 0 Å². The molecule has 0 nitrogen and oxygen atoms in total. The van der Waals surface area contributed by atoms with Gasteiger partial charge in [0.2, 0.25) is 0 Å². The van der Waals surface area contributed by atoms with E-state index in [0.29, 0.717) is 5.41 Å². The minimum Gasteiger partial charge on any atom is -0.0683 e. The Labute approximate surface area is 181 Å². The van der Waals surface area contributed by atoms with Crippen molar-refractivity contribution in [3.05, 3.63) is 0 Å². The van der Waals surface area contributed by atoms with Gasteiger partial charge in [0.15, 0.2) is 0 Å². The average molecular weight is 395 g/mol. The molecular weight excluding hydrogens is 336 g/mol. The van der Waals surface area contributed by atoms with Gasteiger partial charge in [-0.3, -0.25) is 0 Å². The second-order valence-electron chi connectivity index (χ2n) is 9.50. The summed E-state index contributed by atoms with van der Waals surface area (Å²) in [7, 11) is 0. The lowest BCUT2D eigenvalue weighted by atomic mass is 9.53. The molecule has 4 aliphatic rings. The van der Waals surface area contributed by atoms with Crippen LogP contribution in [0.25, 0.3) is 0 Å². The van der Waals surface area contributed by atoms with Crippen molar-refractivity contribution in [1.29, 1.82) is 0 Å². The third-order valence-electron chi connectivity index (χ3n) is 8.51. The van der Waals surface area contributed by atoms with Crippen molar-refractivity contribution in [2.24, 2.45) is 46.8 Å². The summed E-state index contributed by atoms with van der Waals surface area (Å²) in [4.78, 5) is 0. The molecule has 0 aromatic rings. The Kier molecular flexibility index (Phi) is 14.1. The summed E-state index contributed by atoms with van der Waals surface area (Å²) >= 11 is 0. The summed E-state index contributed by atoms with van der Waals surface area (Å²) in [6.07, 6.45) is 14.1. The average Bonchev–Trinajstić information content (AvgIpc) is 3.02. The summed E-state index contributed by atoms with van der Waals surface area (Å²) in [6.45, 7) is 23.7. The highest BCUT2D eigenvalue weighted by atomic mass is 14.6. The molecular formula is C28H58. The molecule has 4 rings (SSSR count). The zero-order valence-electron chi connectivity index (χ0n) is 21.9. The molecule has 0 aromatic heterocycles. The lowest BCUT2D eigenvalue weighted by molar-refractivity contribution is -0.0234. The molecule has 0 amide bonds. The number of rotatable bonds is 0. The smallest absolute Gasteiger partial charge is 0.0323 e. The van der Waals surface area contributed by atoms with E-state index in [2.05, 4.69) is 20.8 Å². The van der Waals surface area contributed by atoms with Gasteiger partial charge in [-0.1, -0.05) is 95.4 Å². The largest absolute Gasteiger partial charge is 0.0683 e. The minimum absolute atomic E-state index is 0.619. The molecule has 0 aromatic carbocycles. The highest BCUT2D eigenvalue weighted by molar-refractivity contribution is 5.03. The Morgan fingerprint density at radius 2 is 0.964 bits per heavy atom. The van der Waals surface area contributed by atoms with Gasteiger partial charge >= 0.3 is 0 Å². The van der Waals surface area contributed by atoms with Gasteiger partial charge in [-0.2, -0.15) is 0 Å². The Balaban J connectivity index is 0.000000818. The van der Waals surface area contributed by atoms with E-state index in [0.717, 1.165) is 41.4 Å². The minimum atomic E-state index is 0.619. The molecule has 7 atom stereocenters. The quantitative estimate of drug-likeness (QED) is 0.383. The second kappa shape index (κ2) is 14.1. The fraction of sp³-hybridized carbons (Fsp3) is 1.00. The summed E-state index contributed by atoms with van der Waals surface area (Å²) < 4.78 is 0. The predicted molar refractivity (Wildman–Crippen MR) is 131 cm³/mol. The molecule has 0 N–H and O–H groups in total. The molecule has 0 heteroatoms. The first-order valence-electron chi connectivity index (χ1n) is 13.6. The SMILES string of the molecule is CC.CC.CC.CC.C[C@@H]1C2CCC3C4CCCCC4CCC3C2CC1(C)C. The molecule has 4 fully saturated rings. The highest BCUT2D eigenvalue weighted by Crippen LogP contribution is 2.62. The zero-order valence-corrected chi connectivity index (χ0v) is 21.9. The molecule has 0 radical (unpaired) electrons. The maximum absolute atomic E-state index is 2.57.